The molecule has 0 bridgehead atoms. The van der Waals surface area contributed by atoms with E-state index >= 15 is 0 Å². The molecule has 0 fully saturated rings. The molecule has 3 rings (SSSR count). The average Bonchev–Trinajstić information content (AvgIpc) is 3.03. The van der Waals surface area contributed by atoms with Crippen molar-refractivity contribution < 1.29 is 4.92 Å². The van der Waals surface area contributed by atoms with Crippen LogP contribution in [0.5, 0.6) is 0 Å². The Labute approximate surface area is 158 Å². The fourth-order valence-electron chi connectivity index (χ4n) is 2.30. The minimum Gasteiger partial charge on any atom is -0.258 e. The van der Waals surface area contributed by atoms with E-state index in [-0.39, 0.29) is 10.7 Å². The van der Waals surface area contributed by atoms with Crippen LogP contribution in [0.3, 0.4) is 0 Å². The molecule has 0 saturated heterocycles. The highest BCUT2D eigenvalue weighted by molar-refractivity contribution is 7.98. The summed E-state index contributed by atoms with van der Waals surface area (Å²) < 4.78 is 1.64. The van der Waals surface area contributed by atoms with Crippen molar-refractivity contribution in [2.45, 2.75) is 11.6 Å². The van der Waals surface area contributed by atoms with Gasteiger partial charge in [0.2, 0.25) is 5.16 Å². The van der Waals surface area contributed by atoms with Gasteiger partial charge in [-0.05, 0) is 17.9 Å². The predicted molar refractivity (Wildman–Crippen MR) is 102 cm³/mol. The summed E-state index contributed by atoms with van der Waals surface area (Å²) in [5.41, 5.74) is 1.49. The number of halogens is 1. The Bertz CT molecular complexity index is 959. The standard InChI is InChI=1S/C17H14ClN5O2S/c1-26-17-21-20-16(10-12-5-3-2-4-6-12)22(17)19-11-13-7-8-14(18)15(9-13)23(24)25/h2-9,11H,10H2,1H3/b19-11-. The van der Waals surface area contributed by atoms with E-state index in [0.29, 0.717) is 23.0 Å². The lowest BCUT2D eigenvalue weighted by Crippen LogP contribution is -2.01. The number of hydrogen-bond donors (Lipinski definition) is 0. The maximum Gasteiger partial charge on any atom is 0.288 e. The molecule has 1 aromatic heterocycles. The minimum absolute atomic E-state index is 0.0889. The fourth-order valence-corrected chi connectivity index (χ4v) is 2.94. The summed E-state index contributed by atoms with van der Waals surface area (Å²) in [6.45, 7) is 0. The predicted octanol–water partition coefficient (Wildman–Crippen LogP) is 4.03. The molecule has 0 radical (unpaired) electrons. The monoisotopic (exact) mass is 387 g/mol. The maximum absolute atomic E-state index is 11.0. The van der Waals surface area contributed by atoms with Crippen LogP contribution in [0, 0.1) is 10.1 Å². The molecule has 0 saturated carbocycles. The Hall–Kier alpha value is -2.71. The van der Waals surface area contributed by atoms with Gasteiger partial charge in [-0.2, -0.15) is 9.78 Å². The fraction of sp³-hybridized carbons (Fsp3) is 0.118. The van der Waals surface area contributed by atoms with E-state index in [4.69, 9.17) is 11.6 Å². The smallest absolute Gasteiger partial charge is 0.258 e. The minimum atomic E-state index is -0.521. The Kier molecular flexibility index (Phi) is 5.65. The number of rotatable bonds is 6. The zero-order chi connectivity index (χ0) is 18.5. The highest BCUT2D eigenvalue weighted by Crippen LogP contribution is 2.24. The highest BCUT2D eigenvalue weighted by Gasteiger charge is 2.13. The lowest BCUT2D eigenvalue weighted by atomic mass is 10.1. The lowest BCUT2D eigenvalue weighted by Gasteiger charge is -2.03. The maximum atomic E-state index is 11.0. The van der Waals surface area contributed by atoms with Gasteiger partial charge in [0.05, 0.1) is 11.1 Å². The van der Waals surface area contributed by atoms with Gasteiger partial charge < -0.3 is 0 Å². The summed E-state index contributed by atoms with van der Waals surface area (Å²) in [6.07, 6.45) is 3.99. The number of benzene rings is 2. The van der Waals surface area contributed by atoms with Gasteiger partial charge in [-0.3, -0.25) is 10.1 Å². The van der Waals surface area contributed by atoms with Crippen molar-refractivity contribution in [3.8, 4) is 0 Å². The molecule has 0 amide bonds. The third-order valence-corrected chi connectivity index (χ3v) is 4.49. The molecular weight excluding hydrogens is 374 g/mol. The summed E-state index contributed by atoms with van der Waals surface area (Å²) in [5, 5.41) is 24.5. The van der Waals surface area contributed by atoms with E-state index in [0.717, 1.165) is 5.56 Å². The topological polar surface area (TPSA) is 86.2 Å². The first-order chi connectivity index (χ1) is 12.6. The third-order valence-electron chi connectivity index (χ3n) is 3.55. The van der Waals surface area contributed by atoms with Gasteiger partial charge in [0, 0.05) is 18.1 Å². The van der Waals surface area contributed by atoms with Crippen molar-refractivity contribution in [2.75, 3.05) is 6.26 Å². The van der Waals surface area contributed by atoms with Crippen molar-refractivity contribution in [1.29, 1.82) is 0 Å². The number of thioether (sulfide) groups is 1. The number of nitro groups is 1. The van der Waals surface area contributed by atoms with E-state index in [1.807, 2.05) is 36.6 Å². The summed E-state index contributed by atoms with van der Waals surface area (Å²) in [5.74, 6) is 0.681. The number of nitrogens with zero attached hydrogens (tertiary/aromatic N) is 5. The number of hydrogen-bond acceptors (Lipinski definition) is 6. The molecule has 3 aromatic rings. The first-order valence-corrected chi connectivity index (χ1v) is 9.19. The lowest BCUT2D eigenvalue weighted by molar-refractivity contribution is -0.384. The molecule has 0 aliphatic heterocycles. The second-order valence-electron chi connectivity index (χ2n) is 5.29. The van der Waals surface area contributed by atoms with Crippen LogP contribution in [-0.4, -0.2) is 32.3 Å². The number of aromatic nitrogens is 3. The van der Waals surface area contributed by atoms with E-state index in [1.165, 1.54) is 30.1 Å². The third kappa shape index (κ3) is 4.09. The normalized spacial score (nSPS) is 11.2. The molecule has 0 N–H and O–H groups in total. The zero-order valence-corrected chi connectivity index (χ0v) is 15.3. The Morgan fingerprint density at radius 1 is 1.27 bits per heavy atom. The van der Waals surface area contributed by atoms with Crippen molar-refractivity contribution in [1.82, 2.24) is 14.9 Å². The molecule has 2 aromatic carbocycles. The molecular formula is C17H14ClN5O2S. The SMILES string of the molecule is CSc1nnc(Cc2ccccc2)n1/N=C\c1ccc(Cl)c([N+](=O)[O-])c1. The first-order valence-electron chi connectivity index (χ1n) is 7.59. The Morgan fingerprint density at radius 2 is 2.04 bits per heavy atom. The summed E-state index contributed by atoms with van der Waals surface area (Å²) in [7, 11) is 0. The Balaban J connectivity index is 1.91. The molecule has 0 unspecified atom stereocenters. The van der Waals surface area contributed by atoms with Crippen LogP contribution in [0.1, 0.15) is 17.0 Å². The van der Waals surface area contributed by atoms with Crippen molar-refractivity contribution >= 4 is 35.3 Å². The average molecular weight is 388 g/mol. The van der Waals surface area contributed by atoms with Gasteiger partial charge in [0.25, 0.3) is 5.69 Å². The largest absolute Gasteiger partial charge is 0.288 e. The van der Waals surface area contributed by atoms with Crippen LogP contribution in [0.15, 0.2) is 58.8 Å². The summed E-state index contributed by atoms with van der Waals surface area (Å²) >= 11 is 7.26. The van der Waals surface area contributed by atoms with Gasteiger partial charge in [-0.1, -0.05) is 59.8 Å². The highest BCUT2D eigenvalue weighted by atomic mass is 35.5. The van der Waals surface area contributed by atoms with Gasteiger partial charge >= 0.3 is 0 Å². The zero-order valence-electron chi connectivity index (χ0n) is 13.7. The van der Waals surface area contributed by atoms with Crippen molar-refractivity contribution in [2.24, 2.45) is 5.10 Å². The molecule has 7 nitrogen and oxygen atoms in total. The van der Waals surface area contributed by atoms with Crippen LogP contribution < -0.4 is 0 Å². The van der Waals surface area contributed by atoms with Crippen molar-refractivity contribution in [3.63, 3.8) is 0 Å². The molecule has 0 aliphatic rings. The molecule has 0 aliphatic carbocycles. The second kappa shape index (κ2) is 8.11. The molecule has 26 heavy (non-hydrogen) atoms. The van der Waals surface area contributed by atoms with Crippen LogP contribution in [0.4, 0.5) is 5.69 Å². The van der Waals surface area contributed by atoms with E-state index in [2.05, 4.69) is 15.3 Å². The van der Waals surface area contributed by atoms with Crippen LogP contribution >= 0.6 is 23.4 Å². The summed E-state index contributed by atoms with van der Waals surface area (Å²) in [4.78, 5) is 10.5. The van der Waals surface area contributed by atoms with Crippen molar-refractivity contribution in [3.05, 3.63) is 80.6 Å². The quantitative estimate of drug-likeness (QED) is 0.276. The van der Waals surface area contributed by atoms with E-state index in [9.17, 15) is 10.1 Å². The molecule has 0 atom stereocenters. The van der Waals surface area contributed by atoms with Crippen LogP contribution in [-0.2, 0) is 6.42 Å². The molecule has 0 spiro atoms. The van der Waals surface area contributed by atoms with Gasteiger partial charge in [0.1, 0.15) is 5.02 Å². The van der Waals surface area contributed by atoms with E-state index < -0.39 is 4.92 Å². The van der Waals surface area contributed by atoms with Crippen LogP contribution in [0.2, 0.25) is 5.02 Å². The molecule has 1 heterocycles. The Morgan fingerprint density at radius 3 is 2.73 bits per heavy atom. The number of nitro benzene ring substituents is 1. The van der Waals surface area contributed by atoms with Gasteiger partial charge in [-0.15, -0.1) is 10.2 Å². The van der Waals surface area contributed by atoms with E-state index in [1.54, 1.807) is 10.7 Å². The van der Waals surface area contributed by atoms with Gasteiger partial charge in [-0.25, -0.2) is 0 Å². The van der Waals surface area contributed by atoms with Gasteiger partial charge in [0.15, 0.2) is 5.82 Å². The first kappa shape index (κ1) is 18.1. The molecule has 132 valence electrons. The van der Waals surface area contributed by atoms with Crippen LogP contribution in [0.25, 0.3) is 0 Å². The second-order valence-corrected chi connectivity index (χ2v) is 6.47. The summed E-state index contributed by atoms with van der Waals surface area (Å²) in [6, 6.07) is 14.4. The molecule has 9 heteroatoms.